The predicted molar refractivity (Wildman–Crippen MR) is 98.6 cm³/mol. The van der Waals surface area contributed by atoms with Crippen LogP contribution in [0.25, 0.3) is 0 Å². The molecule has 12 heteroatoms. The first-order valence-corrected chi connectivity index (χ1v) is 7.45. The zero-order chi connectivity index (χ0) is 19.1. The van der Waals surface area contributed by atoms with Crippen molar-refractivity contribution in [3.63, 3.8) is 0 Å². The van der Waals surface area contributed by atoms with E-state index in [2.05, 4.69) is 15.5 Å². The fourth-order valence-corrected chi connectivity index (χ4v) is 1.94. The van der Waals surface area contributed by atoms with Gasteiger partial charge in [0.05, 0.1) is 17.8 Å². The van der Waals surface area contributed by atoms with Gasteiger partial charge in [-0.1, -0.05) is 0 Å². The van der Waals surface area contributed by atoms with Crippen molar-refractivity contribution in [2.24, 2.45) is 10.2 Å². The maximum Gasteiger partial charge on any atom is 1.00 e. The second kappa shape index (κ2) is 13.4. The van der Waals surface area contributed by atoms with Gasteiger partial charge in [-0.2, -0.15) is 10.2 Å². The number of hydrogen-bond acceptors (Lipinski definition) is 6. The number of carboxylic acids is 2. The van der Waals surface area contributed by atoms with E-state index in [1.165, 1.54) is 42.5 Å². The smallest absolute Gasteiger partial charge is 1.00 e. The number of benzene rings is 2. The first-order valence-electron chi connectivity index (χ1n) is 7.45. The average molecular weight is 417 g/mol. The van der Waals surface area contributed by atoms with Gasteiger partial charge in [-0.15, -0.1) is 0 Å². The Morgan fingerprint density at radius 1 is 0.931 bits per heavy atom. The molecule has 8 N–H and O–H groups in total. The fraction of sp³-hybridized carbons (Fsp3) is 0.118. The molecule has 0 spiro atoms. The van der Waals surface area contributed by atoms with Crippen LogP contribution >= 0.6 is 0 Å². The topological polar surface area (TPSA) is 212 Å². The van der Waals surface area contributed by atoms with Crippen molar-refractivity contribution in [3.8, 4) is 5.75 Å². The summed E-state index contributed by atoms with van der Waals surface area (Å²) in [5, 5.41) is 37.2. The second-order valence-corrected chi connectivity index (χ2v) is 5.15. The molecule has 152 valence electrons. The minimum atomic E-state index is -1.28. The summed E-state index contributed by atoms with van der Waals surface area (Å²) < 4.78 is 0. The van der Waals surface area contributed by atoms with E-state index in [4.69, 9.17) is 10.2 Å². The number of carbonyl (C=O) groups excluding carboxylic acids is 1. The monoisotopic (exact) mass is 417 g/mol. The molecule has 0 aliphatic carbocycles. The summed E-state index contributed by atoms with van der Waals surface area (Å²) in [5.74, 6) is -3.05. The molecule has 1 amide bonds. The Balaban J connectivity index is -0.00000182. The first-order chi connectivity index (χ1) is 12.4. The van der Waals surface area contributed by atoms with Crippen molar-refractivity contribution in [2.75, 3.05) is 6.54 Å². The molecule has 2 rings (SSSR count). The normalized spacial score (nSPS) is 9.52. The molecule has 0 unspecified atom stereocenters. The number of aromatic carboxylic acids is 1. The Hall–Kier alpha value is -2.83. The second-order valence-electron chi connectivity index (χ2n) is 5.15. The van der Waals surface area contributed by atoms with Crippen molar-refractivity contribution in [1.82, 2.24) is 5.32 Å². The third-order valence-electron chi connectivity index (χ3n) is 3.25. The van der Waals surface area contributed by atoms with Crippen molar-refractivity contribution in [1.29, 1.82) is 0 Å². The Morgan fingerprint density at radius 2 is 1.48 bits per heavy atom. The van der Waals surface area contributed by atoms with E-state index in [0.717, 1.165) is 0 Å². The van der Waals surface area contributed by atoms with Crippen LogP contribution in [-0.4, -0.2) is 50.7 Å². The fourth-order valence-electron chi connectivity index (χ4n) is 1.94. The van der Waals surface area contributed by atoms with E-state index in [0.29, 0.717) is 11.3 Å². The summed E-state index contributed by atoms with van der Waals surface area (Å²) in [6.45, 7) is 0.0301. The number of aliphatic carboxylic acids is 1. The molecule has 0 fully saturated rings. The molecule has 0 saturated heterocycles. The van der Waals surface area contributed by atoms with Crippen LogP contribution < -0.4 is 34.9 Å². The third kappa shape index (κ3) is 8.81. The zero-order valence-corrected chi connectivity index (χ0v) is 17.4. The Bertz CT molecular complexity index is 878. The summed E-state index contributed by atoms with van der Waals surface area (Å²) in [4.78, 5) is 33.2. The van der Waals surface area contributed by atoms with E-state index in [-0.39, 0.29) is 71.9 Å². The number of nitrogens with zero attached hydrogens (tertiary/aromatic N) is 2. The minimum absolute atomic E-state index is 0. The molecule has 0 aliphatic rings. The molecule has 29 heavy (non-hydrogen) atoms. The number of amides is 1. The first kappa shape index (κ1) is 28.4. The largest absolute Gasteiger partial charge is 1.00 e. The van der Waals surface area contributed by atoms with E-state index in [1.807, 2.05) is 0 Å². The number of azo groups is 1. The summed E-state index contributed by atoms with van der Waals surface area (Å²) in [6.07, 6.45) is -0.164. The van der Waals surface area contributed by atoms with E-state index < -0.39 is 17.8 Å². The van der Waals surface area contributed by atoms with Crippen LogP contribution in [0.15, 0.2) is 52.7 Å². The van der Waals surface area contributed by atoms with E-state index >= 15 is 0 Å². The molecule has 11 nitrogen and oxygen atoms in total. The molecule has 0 aromatic heterocycles. The molecule has 0 saturated carbocycles. The van der Waals surface area contributed by atoms with Crippen LogP contribution in [0, 0.1) is 0 Å². The van der Waals surface area contributed by atoms with Gasteiger partial charge in [0, 0.05) is 12.1 Å². The standard InChI is InChI=1S/C17H15N3O6.Na.2H2O.H/c21-14-6-5-12(9-13(14)17(25)26)20-19-11-3-1-10(2-4-11)16(24)18-8-7-15(22)23;;;;/h1-6,9,21H,7-8H2,(H,18,24)(H,22,23)(H,25,26);;2*1H2;/q;+1;;;-1. The van der Waals surface area contributed by atoms with Gasteiger partial charge in [0.15, 0.2) is 0 Å². The SMILES string of the molecule is O.O.O=C(O)CCNC(=O)c1ccc(N=Nc2ccc(O)c(C(=O)O)c2)cc1.[H-].[Na+]. The minimum Gasteiger partial charge on any atom is -1.00 e. The molecule has 0 atom stereocenters. The van der Waals surface area contributed by atoms with Crippen LogP contribution in [0.3, 0.4) is 0 Å². The van der Waals surface area contributed by atoms with Crippen LogP contribution in [0.4, 0.5) is 11.4 Å². The van der Waals surface area contributed by atoms with Gasteiger partial charge < -0.3 is 33.0 Å². The molecule has 0 bridgehead atoms. The number of aromatic hydroxyl groups is 1. The maximum atomic E-state index is 11.8. The number of carboxylic acid groups (broad SMARTS) is 2. The van der Waals surface area contributed by atoms with Crippen LogP contribution in [0.2, 0.25) is 0 Å². The van der Waals surface area contributed by atoms with Gasteiger partial charge in [0.2, 0.25) is 0 Å². The van der Waals surface area contributed by atoms with Crippen molar-refractivity contribution >= 4 is 29.2 Å². The van der Waals surface area contributed by atoms with Gasteiger partial charge in [-0.3, -0.25) is 9.59 Å². The average Bonchev–Trinajstić information content (AvgIpc) is 2.60. The summed E-state index contributed by atoms with van der Waals surface area (Å²) in [5.41, 5.74) is 0.731. The maximum absolute atomic E-state index is 11.8. The Morgan fingerprint density at radius 3 is 2.03 bits per heavy atom. The number of hydrogen-bond donors (Lipinski definition) is 4. The number of carbonyl (C=O) groups is 3. The molecule has 0 aliphatic heterocycles. The predicted octanol–water partition coefficient (Wildman–Crippen LogP) is -1.82. The van der Waals surface area contributed by atoms with E-state index in [9.17, 15) is 19.5 Å². The Kier molecular flexibility index (Phi) is 13.1. The quantitative estimate of drug-likeness (QED) is 0.300. The summed E-state index contributed by atoms with van der Waals surface area (Å²) in [7, 11) is 0. The molecule has 0 radical (unpaired) electrons. The number of rotatable bonds is 7. The molecule has 2 aromatic rings. The van der Waals surface area contributed by atoms with Gasteiger partial charge in [0.25, 0.3) is 5.91 Å². The van der Waals surface area contributed by atoms with E-state index in [1.54, 1.807) is 0 Å². The van der Waals surface area contributed by atoms with Gasteiger partial charge in [-0.05, 0) is 42.5 Å². The summed E-state index contributed by atoms with van der Waals surface area (Å²) in [6, 6.07) is 9.89. The van der Waals surface area contributed by atoms with Crippen LogP contribution in [0.1, 0.15) is 28.6 Å². The van der Waals surface area contributed by atoms with Gasteiger partial charge in [-0.25, -0.2) is 4.79 Å². The number of phenols is 1. The van der Waals surface area contributed by atoms with Crippen molar-refractivity contribution in [2.45, 2.75) is 6.42 Å². The molecular weight excluding hydrogens is 397 g/mol. The van der Waals surface area contributed by atoms with Gasteiger partial charge >= 0.3 is 41.5 Å². The molecule has 2 aromatic carbocycles. The third-order valence-corrected chi connectivity index (χ3v) is 3.25. The van der Waals surface area contributed by atoms with Crippen LogP contribution in [0.5, 0.6) is 5.75 Å². The van der Waals surface area contributed by atoms with Crippen LogP contribution in [-0.2, 0) is 4.79 Å². The summed E-state index contributed by atoms with van der Waals surface area (Å²) >= 11 is 0. The number of nitrogens with one attached hydrogen (secondary N) is 1. The molecular formula is C17H20N3NaO8. The molecule has 0 heterocycles. The van der Waals surface area contributed by atoms with Crippen molar-refractivity contribution < 1.29 is 71.6 Å². The zero-order valence-electron chi connectivity index (χ0n) is 16.4. The van der Waals surface area contributed by atoms with Crippen molar-refractivity contribution in [3.05, 3.63) is 53.6 Å². The Labute approximate surface area is 188 Å². The van der Waals surface area contributed by atoms with Gasteiger partial charge in [0.1, 0.15) is 11.3 Å².